The number of hydrogen-bond donors (Lipinski definition) is 2. The van der Waals surface area contributed by atoms with Gasteiger partial charge in [0.05, 0.1) is 12.7 Å². The summed E-state index contributed by atoms with van der Waals surface area (Å²) in [4.78, 5) is 11.0. The largest absolute Gasteiger partial charge is 0.375 e. The van der Waals surface area contributed by atoms with Gasteiger partial charge in [-0.05, 0) is 18.6 Å². The highest BCUT2D eigenvalue weighted by Gasteiger charge is 2.17. The van der Waals surface area contributed by atoms with Gasteiger partial charge in [-0.25, -0.2) is 4.98 Å². The number of aromatic nitrogens is 1. The predicted octanol–water partition coefficient (Wildman–Crippen LogP) is 1.16. The first-order chi connectivity index (χ1) is 10.7. The highest BCUT2D eigenvalue weighted by molar-refractivity contribution is 5.79. The first kappa shape index (κ1) is 16.3. The molecule has 1 unspecified atom stereocenters. The van der Waals surface area contributed by atoms with Gasteiger partial charge in [-0.3, -0.25) is 4.99 Å². The summed E-state index contributed by atoms with van der Waals surface area (Å²) in [6.07, 6.45) is 3.96. The third kappa shape index (κ3) is 4.73. The quantitative estimate of drug-likeness (QED) is 0.485. The van der Waals surface area contributed by atoms with Crippen molar-refractivity contribution in [1.29, 1.82) is 0 Å². The molecule has 1 aliphatic rings. The molecular formula is C16H25N5O. The van der Waals surface area contributed by atoms with Crippen LogP contribution >= 0.6 is 0 Å². The second-order valence-electron chi connectivity index (χ2n) is 5.25. The molecule has 1 aliphatic heterocycles. The average molecular weight is 303 g/mol. The molecule has 2 heterocycles. The van der Waals surface area contributed by atoms with Gasteiger partial charge in [0.2, 0.25) is 0 Å². The number of nitrogens with zero attached hydrogens (tertiary/aromatic N) is 3. The van der Waals surface area contributed by atoms with Crippen molar-refractivity contribution in [1.82, 2.24) is 15.6 Å². The monoisotopic (exact) mass is 303 g/mol. The zero-order valence-corrected chi connectivity index (χ0v) is 13.4. The Bertz CT molecular complexity index is 500. The van der Waals surface area contributed by atoms with E-state index in [9.17, 15) is 0 Å². The highest BCUT2D eigenvalue weighted by atomic mass is 16.5. The summed E-state index contributed by atoms with van der Waals surface area (Å²) < 4.78 is 5.56. The molecule has 0 bridgehead atoms. The Hall–Kier alpha value is -2.08. The average Bonchev–Trinajstić information content (AvgIpc) is 2.55. The molecule has 2 N–H and O–H groups in total. The van der Waals surface area contributed by atoms with Crippen LogP contribution in [0.5, 0.6) is 0 Å². The maximum atomic E-state index is 5.56. The van der Waals surface area contributed by atoms with Crippen LogP contribution in [0.3, 0.4) is 0 Å². The third-order valence-corrected chi connectivity index (χ3v) is 3.47. The Morgan fingerprint density at radius 1 is 1.55 bits per heavy atom. The molecule has 2 rings (SSSR count). The van der Waals surface area contributed by atoms with E-state index in [-0.39, 0.29) is 6.10 Å². The van der Waals surface area contributed by atoms with Crippen molar-refractivity contribution in [2.45, 2.75) is 19.6 Å². The second kappa shape index (κ2) is 8.38. The first-order valence-electron chi connectivity index (χ1n) is 7.60. The number of nitrogens with one attached hydrogen (secondary N) is 2. The van der Waals surface area contributed by atoms with Crippen LogP contribution in [-0.2, 0) is 11.3 Å². The second-order valence-corrected chi connectivity index (χ2v) is 5.25. The lowest BCUT2D eigenvalue weighted by atomic mass is 10.2. The SMILES string of the molecule is C=CCNC(=NC)NCc1ccc(N2CCOC(C)C2)nc1. The van der Waals surface area contributed by atoms with E-state index < -0.39 is 0 Å². The smallest absolute Gasteiger partial charge is 0.191 e. The fourth-order valence-electron chi connectivity index (χ4n) is 2.31. The summed E-state index contributed by atoms with van der Waals surface area (Å²) in [6, 6.07) is 4.16. The van der Waals surface area contributed by atoms with E-state index in [2.05, 4.69) is 51.1 Å². The molecular weight excluding hydrogens is 278 g/mol. The Labute approximate surface area is 132 Å². The Morgan fingerprint density at radius 3 is 3.05 bits per heavy atom. The summed E-state index contributed by atoms with van der Waals surface area (Å²) in [6.45, 7) is 9.68. The number of morpholine rings is 1. The van der Waals surface area contributed by atoms with E-state index in [4.69, 9.17) is 4.74 Å². The maximum absolute atomic E-state index is 5.56. The fourth-order valence-corrected chi connectivity index (χ4v) is 2.31. The summed E-state index contributed by atoms with van der Waals surface area (Å²) in [7, 11) is 1.75. The van der Waals surface area contributed by atoms with Crippen LogP contribution in [0.15, 0.2) is 36.0 Å². The van der Waals surface area contributed by atoms with Crippen molar-refractivity contribution < 1.29 is 4.74 Å². The molecule has 22 heavy (non-hydrogen) atoms. The summed E-state index contributed by atoms with van der Waals surface area (Å²) >= 11 is 0. The van der Waals surface area contributed by atoms with E-state index in [1.807, 2.05) is 6.20 Å². The number of ether oxygens (including phenoxy) is 1. The molecule has 120 valence electrons. The van der Waals surface area contributed by atoms with Gasteiger partial charge in [0.25, 0.3) is 0 Å². The molecule has 1 aromatic rings. The fraction of sp³-hybridized carbons (Fsp3) is 0.500. The molecule has 0 aliphatic carbocycles. The van der Waals surface area contributed by atoms with E-state index >= 15 is 0 Å². The highest BCUT2D eigenvalue weighted by Crippen LogP contribution is 2.15. The van der Waals surface area contributed by atoms with Gasteiger partial charge in [0, 0.05) is 39.4 Å². The molecule has 0 amide bonds. The van der Waals surface area contributed by atoms with Crippen molar-refractivity contribution in [3.8, 4) is 0 Å². The van der Waals surface area contributed by atoms with E-state index in [1.54, 1.807) is 13.1 Å². The van der Waals surface area contributed by atoms with Crippen LogP contribution in [0, 0.1) is 0 Å². The Balaban J connectivity index is 1.87. The van der Waals surface area contributed by atoms with Gasteiger partial charge < -0.3 is 20.3 Å². The van der Waals surface area contributed by atoms with Crippen LogP contribution in [0.1, 0.15) is 12.5 Å². The van der Waals surface area contributed by atoms with Gasteiger partial charge in [-0.2, -0.15) is 0 Å². The molecule has 1 atom stereocenters. The molecule has 6 heteroatoms. The number of aliphatic imine (C=N–C) groups is 1. The van der Waals surface area contributed by atoms with Crippen molar-refractivity contribution in [3.63, 3.8) is 0 Å². The minimum Gasteiger partial charge on any atom is -0.375 e. The van der Waals surface area contributed by atoms with E-state index in [0.29, 0.717) is 13.1 Å². The van der Waals surface area contributed by atoms with Gasteiger partial charge in [-0.15, -0.1) is 6.58 Å². The van der Waals surface area contributed by atoms with E-state index in [0.717, 1.165) is 37.0 Å². The van der Waals surface area contributed by atoms with Crippen molar-refractivity contribution in [3.05, 3.63) is 36.5 Å². The number of guanidine groups is 1. The van der Waals surface area contributed by atoms with Crippen molar-refractivity contribution in [2.24, 2.45) is 4.99 Å². The lowest BCUT2D eigenvalue weighted by Crippen LogP contribution is -2.41. The van der Waals surface area contributed by atoms with Crippen LogP contribution in [0.2, 0.25) is 0 Å². The van der Waals surface area contributed by atoms with Gasteiger partial charge in [-0.1, -0.05) is 12.1 Å². The molecule has 1 fully saturated rings. The Morgan fingerprint density at radius 2 is 2.41 bits per heavy atom. The minimum absolute atomic E-state index is 0.260. The number of hydrogen-bond acceptors (Lipinski definition) is 4. The topological polar surface area (TPSA) is 61.8 Å². The molecule has 0 radical (unpaired) electrons. The summed E-state index contributed by atoms with van der Waals surface area (Å²) in [5.74, 6) is 1.76. The molecule has 0 spiro atoms. The van der Waals surface area contributed by atoms with Crippen LogP contribution in [0.4, 0.5) is 5.82 Å². The predicted molar refractivity (Wildman–Crippen MR) is 90.3 cm³/mol. The minimum atomic E-state index is 0.260. The van der Waals surface area contributed by atoms with Crippen LogP contribution in [0.25, 0.3) is 0 Å². The van der Waals surface area contributed by atoms with Crippen LogP contribution in [-0.4, -0.2) is 50.3 Å². The van der Waals surface area contributed by atoms with Gasteiger partial charge >= 0.3 is 0 Å². The first-order valence-corrected chi connectivity index (χ1v) is 7.60. The zero-order chi connectivity index (χ0) is 15.8. The lowest BCUT2D eigenvalue weighted by molar-refractivity contribution is 0.0529. The maximum Gasteiger partial charge on any atom is 0.191 e. The molecule has 6 nitrogen and oxygen atoms in total. The standard InChI is InChI=1S/C16H25N5O/c1-4-7-18-16(17-3)20-11-14-5-6-15(19-10-14)21-8-9-22-13(2)12-21/h4-6,10,13H,1,7-9,11-12H2,2-3H3,(H2,17,18,20). The molecule has 0 aromatic carbocycles. The van der Waals surface area contributed by atoms with Crippen molar-refractivity contribution in [2.75, 3.05) is 38.2 Å². The third-order valence-electron chi connectivity index (χ3n) is 3.47. The molecule has 0 saturated carbocycles. The Kier molecular flexibility index (Phi) is 6.21. The van der Waals surface area contributed by atoms with Crippen molar-refractivity contribution >= 4 is 11.8 Å². The molecule has 1 saturated heterocycles. The summed E-state index contributed by atoms with van der Waals surface area (Å²) in [5.41, 5.74) is 1.12. The number of rotatable bonds is 5. The molecule has 1 aromatic heterocycles. The summed E-state index contributed by atoms with van der Waals surface area (Å²) in [5, 5.41) is 6.38. The van der Waals surface area contributed by atoms with Gasteiger partial charge in [0.1, 0.15) is 5.82 Å². The zero-order valence-electron chi connectivity index (χ0n) is 13.4. The number of pyridine rings is 1. The normalized spacial score (nSPS) is 18.9. The number of anilines is 1. The van der Waals surface area contributed by atoms with Gasteiger partial charge in [0.15, 0.2) is 5.96 Å². The van der Waals surface area contributed by atoms with Crippen LogP contribution < -0.4 is 15.5 Å². The van der Waals surface area contributed by atoms with E-state index in [1.165, 1.54) is 0 Å². The lowest BCUT2D eigenvalue weighted by Gasteiger charge is -2.32.